The van der Waals surface area contributed by atoms with Gasteiger partial charge in [0.25, 0.3) is 0 Å². The number of rotatable bonds is 0. The van der Waals surface area contributed by atoms with Crippen molar-refractivity contribution in [3.8, 4) is 11.5 Å². The largest absolute Gasteiger partial charge is 0.446 e. The van der Waals surface area contributed by atoms with Crippen molar-refractivity contribution in [2.45, 2.75) is 54.2 Å². The smallest absolute Gasteiger partial charge is 0.320 e. The van der Waals surface area contributed by atoms with Crippen LogP contribution in [0.2, 0.25) is 0 Å². The third kappa shape index (κ3) is 1.31. The fourth-order valence-electron chi connectivity index (χ4n) is 5.63. The van der Waals surface area contributed by atoms with Crippen molar-refractivity contribution in [2.75, 3.05) is 0 Å². The molecule has 27 heavy (non-hydrogen) atoms. The molecule has 5 aliphatic rings. The molecule has 2 saturated carbocycles. The average molecular weight is 368 g/mol. The Labute approximate surface area is 153 Å². The maximum atomic E-state index is 13.1. The molecule has 0 bridgehead atoms. The molecule has 7 nitrogen and oxygen atoms in total. The van der Waals surface area contributed by atoms with E-state index in [0.717, 1.165) is 10.8 Å². The maximum Gasteiger partial charge on any atom is 0.320 e. The normalized spacial score (nSPS) is 44.6. The summed E-state index contributed by atoms with van der Waals surface area (Å²) in [4.78, 5) is 13.1. The second-order valence-corrected chi connectivity index (χ2v) is 8.00. The number of ether oxygens (including phenoxy) is 4. The van der Waals surface area contributed by atoms with Crippen molar-refractivity contribution < 1.29 is 34.0 Å². The number of fused-ring (bicyclic) bond motifs is 2. The van der Waals surface area contributed by atoms with Gasteiger partial charge in [-0.3, -0.25) is 4.79 Å². The number of ketones is 1. The first-order valence-electron chi connectivity index (χ1n) is 9.20. The maximum absolute atomic E-state index is 13.1. The van der Waals surface area contributed by atoms with Crippen molar-refractivity contribution in [3.63, 3.8) is 0 Å². The minimum Gasteiger partial charge on any atom is -0.446 e. The summed E-state index contributed by atoms with van der Waals surface area (Å²) in [5.41, 5.74) is -3.02. The van der Waals surface area contributed by atoms with Crippen LogP contribution in [0.4, 0.5) is 0 Å². The highest BCUT2D eigenvalue weighted by Gasteiger charge is 2.99. The number of epoxide rings is 2. The fraction of sp³-hybridized carbons (Fsp3) is 0.450. The van der Waals surface area contributed by atoms with Crippen LogP contribution >= 0.6 is 0 Å². The first-order chi connectivity index (χ1) is 13.1. The van der Waals surface area contributed by atoms with Gasteiger partial charge in [0, 0.05) is 6.42 Å². The molecule has 7 rings (SSSR count). The highest BCUT2D eigenvalue weighted by molar-refractivity contribution is 5.98. The molecule has 7 heteroatoms. The topological polar surface area (TPSA) is 101 Å². The quantitative estimate of drug-likeness (QED) is 0.660. The Hall–Kier alpha value is -2.19. The van der Waals surface area contributed by atoms with Gasteiger partial charge < -0.3 is 29.2 Å². The van der Waals surface area contributed by atoms with E-state index in [1.165, 1.54) is 0 Å². The first-order valence-corrected chi connectivity index (χ1v) is 9.20. The van der Waals surface area contributed by atoms with Gasteiger partial charge >= 0.3 is 5.79 Å². The van der Waals surface area contributed by atoms with E-state index in [4.69, 9.17) is 18.9 Å². The molecule has 2 saturated heterocycles. The summed E-state index contributed by atoms with van der Waals surface area (Å²) in [7, 11) is 0. The second kappa shape index (κ2) is 4.12. The molecule has 3 heterocycles. The van der Waals surface area contributed by atoms with Gasteiger partial charge in [-0.1, -0.05) is 24.3 Å². The Bertz CT molecular complexity index is 1010. The van der Waals surface area contributed by atoms with E-state index in [-0.39, 0.29) is 18.6 Å². The predicted molar refractivity (Wildman–Crippen MR) is 89.4 cm³/mol. The van der Waals surface area contributed by atoms with Gasteiger partial charge in [-0.25, -0.2) is 0 Å². The minimum absolute atomic E-state index is 0.132. The standard InChI is InChI=1S/C20H16O7/c21-12-7-8-13(22)19-18(12,27-19)16(23)15-17(24-15)20(19)25-10-5-1-3-9-4-2-6-11(26-20)14(9)10/h1-6,12,15-17,21,23H,7-8H2/t12-,15+,16-,17?,18-,19?/m0/s1. The summed E-state index contributed by atoms with van der Waals surface area (Å²) in [6.45, 7) is 0. The summed E-state index contributed by atoms with van der Waals surface area (Å²) >= 11 is 0. The average Bonchev–Trinajstić information content (AvgIpc) is 3.57. The summed E-state index contributed by atoms with van der Waals surface area (Å²) in [5, 5.41) is 23.2. The lowest BCUT2D eigenvalue weighted by molar-refractivity contribution is -0.196. The molecular formula is C20H16O7. The zero-order valence-electron chi connectivity index (χ0n) is 14.1. The minimum atomic E-state index is -1.58. The Balaban J connectivity index is 1.49. The highest BCUT2D eigenvalue weighted by atomic mass is 16.8. The summed E-state index contributed by atoms with van der Waals surface area (Å²) < 4.78 is 24.4. The number of Topliss-reactive ketones (excluding diaryl/α,β-unsaturated/α-hetero) is 1. The molecule has 1 spiro atoms. The highest BCUT2D eigenvalue weighted by Crippen LogP contribution is 2.72. The molecule has 0 aromatic heterocycles. The Morgan fingerprint density at radius 3 is 2.44 bits per heavy atom. The van der Waals surface area contributed by atoms with E-state index < -0.39 is 41.4 Å². The number of hydrogen-bond donors (Lipinski definition) is 2. The molecule has 3 aliphatic heterocycles. The molecule has 138 valence electrons. The molecule has 2 aliphatic carbocycles. The predicted octanol–water partition coefficient (Wildman–Crippen LogP) is 0.681. The van der Waals surface area contributed by atoms with Crippen LogP contribution in [0.5, 0.6) is 11.5 Å². The van der Waals surface area contributed by atoms with Crippen molar-refractivity contribution in [1.29, 1.82) is 0 Å². The number of carbonyl (C=O) groups is 1. The number of benzene rings is 2. The van der Waals surface area contributed by atoms with E-state index in [2.05, 4.69) is 0 Å². The molecule has 0 radical (unpaired) electrons. The van der Waals surface area contributed by atoms with Gasteiger partial charge in [-0.05, 0) is 23.9 Å². The van der Waals surface area contributed by atoms with Crippen LogP contribution in [0.1, 0.15) is 12.8 Å². The van der Waals surface area contributed by atoms with E-state index in [1.54, 1.807) is 0 Å². The number of hydrogen-bond acceptors (Lipinski definition) is 7. The second-order valence-electron chi connectivity index (χ2n) is 8.00. The number of aliphatic hydroxyl groups is 2. The van der Waals surface area contributed by atoms with Crippen LogP contribution < -0.4 is 9.47 Å². The Kier molecular flexibility index (Phi) is 2.26. The van der Waals surface area contributed by atoms with Crippen LogP contribution in [-0.4, -0.2) is 57.4 Å². The number of carbonyl (C=O) groups excluding carboxylic acids is 1. The van der Waals surface area contributed by atoms with Gasteiger partial charge in [0.1, 0.15) is 23.7 Å². The van der Waals surface area contributed by atoms with Crippen LogP contribution in [0.15, 0.2) is 36.4 Å². The lowest BCUT2D eigenvalue weighted by atomic mass is 9.64. The molecule has 2 aromatic carbocycles. The lowest BCUT2D eigenvalue weighted by Crippen LogP contribution is -2.74. The Morgan fingerprint density at radius 1 is 1.04 bits per heavy atom. The van der Waals surface area contributed by atoms with Crippen LogP contribution in [0.25, 0.3) is 10.8 Å². The molecule has 4 fully saturated rings. The van der Waals surface area contributed by atoms with Gasteiger partial charge in [-0.15, -0.1) is 0 Å². The van der Waals surface area contributed by atoms with Gasteiger partial charge in [-0.2, -0.15) is 0 Å². The van der Waals surface area contributed by atoms with Crippen LogP contribution in [0, 0.1) is 0 Å². The van der Waals surface area contributed by atoms with Gasteiger partial charge in [0.15, 0.2) is 17.5 Å². The Morgan fingerprint density at radius 2 is 1.74 bits per heavy atom. The van der Waals surface area contributed by atoms with E-state index in [1.807, 2.05) is 36.4 Å². The van der Waals surface area contributed by atoms with Crippen LogP contribution in [-0.2, 0) is 14.3 Å². The zero-order chi connectivity index (χ0) is 18.2. The lowest BCUT2D eigenvalue weighted by Gasteiger charge is -2.46. The zero-order valence-corrected chi connectivity index (χ0v) is 14.1. The molecule has 2 N–H and O–H groups in total. The number of aliphatic hydroxyl groups excluding tert-OH is 2. The monoisotopic (exact) mass is 368 g/mol. The van der Waals surface area contributed by atoms with Gasteiger partial charge in [0.2, 0.25) is 5.60 Å². The van der Waals surface area contributed by atoms with Gasteiger partial charge in [0.05, 0.1) is 11.5 Å². The summed E-state index contributed by atoms with van der Waals surface area (Å²) in [6.07, 6.45) is -2.99. The van der Waals surface area contributed by atoms with Crippen LogP contribution in [0.3, 0.4) is 0 Å². The third-order valence-electron chi connectivity index (χ3n) is 6.86. The fourth-order valence-corrected chi connectivity index (χ4v) is 5.63. The molecule has 2 unspecified atom stereocenters. The molecule has 0 amide bonds. The van der Waals surface area contributed by atoms with Crippen molar-refractivity contribution in [1.82, 2.24) is 0 Å². The SMILES string of the molecule is O=C1CC[C@H](O)[C@@]23OC12C1(Oc2cccc4cccc(c24)O1)C1O[C@@H]1[C@@H]3O. The van der Waals surface area contributed by atoms with Crippen molar-refractivity contribution in [2.24, 2.45) is 0 Å². The molecule has 2 aromatic rings. The summed E-state index contributed by atoms with van der Waals surface area (Å²) in [5.74, 6) is -0.636. The van der Waals surface area contributed by atoms with Crippen molar-refractivity contribution >= 4 is 16.6 Å². The van der Waals surface area contributed by atoms with E-state index >= 15 is 0 Å². The molecule has 6 atom stereocenters. The van der Waals surface area contributed by atoms with E-state index in [0.29, 0.717) is 11.5 Å². The first kappa shape index (κ1) is 14.8. The summed E-state index contributed by atoms with van der Waals surface area (Å²) in [6, 6.07) is 11.3. The third-order valence-corrected chi connectivity index (χ3v) is 6.86. The van der Waals surface area contributed by atoms with E-state index in [9.17, 15) is 15.0 Å². The van der Waals surface area contributed by atoms with Crippen molar-refractivity contribution in [3.05, 3.63) is 36.4 Å². The molecular weight excluding hydrogens is 352 g/mol.